The number of aryl methyl sites for hydroxylation is 2. The lowest BCUT2D eigenvalue weighted by atomic mass is 10.1. The minimum atomic E-state index is -0.562. The molecule has 2 aromatic carbocycles. The van der Waals surface area contributed by atoms with E-state index in [1.807, 2.05) is 55.5 Å². The van der Waals surface area contributed by atoms with Crippen molar-refractivity contribution < 1.29 is 4.79 Å². The molecule has 0 aliphatic heterocycles. The minimum Gasteiger partial charge on any atom is -0.328 e. The van der Waals surface area contributed by atoms with Crippen molar-refractivity contribution in [1.82, 2.24) is 34.7 Å². The second kappa shape index (κ2) is 9.69. The van der Waals surface area contributed by atoms with Crippen molar-refractivity contribution in [2.45, 2.75) is 32.4 Å². The third-order valence-corrected chi connectivity index (χ3v) is 5.45. The molecule has 166 valence electrons. The lowest BCUT2D eigenvalue weighted by Crippen LogP contribution is -2.28. The van der Waals surface area contributed by atoms with E-state index in [2.05, 4.69) is 44.4 Å². The van der Waals surface area contributed by atoms with Crippen LogP contribution in [0.4, 0.5) is 5.69 Å². The number of nitrogens with zero attached hydrogens (tertiary/aromatic N) is 7. The number of carbonyl (C=O) groups excluding carboxylic acids is 1. The van der Waals surface area contributed by atoms with Crippen molar-refractivity contribution in [1.29, 1.82) is 0 Å². The highest BCUT2D eigenvalue weighted by molar-refractivity contribution is 5.95. The summed E-state index contributed by atoms with van der Waals surface area (Å²) in [4.78, 5) is 20.1. The van der Waals surface area contributed by atoms with Gasteiger partial charge in [-0.3, -0.25) is 4.79 Å². The molecule has 9 nitrogen and oxygen atoms in total. The molecular weight excluding hydrogens is 404 g/mol. The van der Waals surface area contributed by atoms with Crippen molar-refractivity contribution in [3.63, 3.8) is 0 Å². The van der Waals surface area contributed by atoms with E-state index in [4.69, 9.17) is 4.98 Å². The average molecular weight is 433 g/mol. The van der Waals surface area contributed by atoms with Crippen LogP contribution >= 0.6 is 0 Å². The summed E-state index contributed by atoms with van der Waals surface area (Å²) in [5.74, 6) is 0.792. The lowest BCUT2D eigenvalue weighted by Gasteiger charge is -2.16. The molecule has 0 radical (unpaired) electrons. The lowest BCUT2D eigenvalue weighted by molar-refractivity contribution is -0.119. The van der Waals surface area contributed by atoms with Gasteiger partial charge in [-0.25, -0.2) is 9.67 Å². The van der Waals surface area contributed by atoms with Gasteiger partial charge >= 0.3 is 0 Å². The smallest absolute Gasteiger partial charge is 0.249 e. The molecule has 0 spiro atoms. The van der Waals surface area contributed by atoms with Crippen molar-refractivity contribution in [3.8, 4) is 0 Å². The maximum absolute atomic E-state index is 13.2. The van der Waals surface area contributed by atoms with Crippen LogP contribution in [0, 0.1) is 6.92 Å². The summed E-state index contributed by atoms with van der Waals surface area (Å²) < 4.78 is 3.72. The maximum Gasteiger partial charge on any atom is 0.249 e. The van der Waals surface area contributed by atoms with Crippen molar-refractivity contribution in [2.24, 2.45) is 0 Å². The summed E-state index contributed by atoms with van der Waals surface area (Å²) >= 11 is 0. The number of fused-ring (bicyclic) bond motifs is 1. The number of nitrogens with one attached hydrogen (secondary N) is 1. The monoisotopic (exact) mass is 432 g/mol. The van der Waals surface area contributed by atoms with Crippen molar-refractivity contribution in [3.05, 3.63) is 66.2 Å². The van der Waals surface area contributed by atoms with Gasteiger partial charge in [0.1, 0.15) is 18.2 Å². The molecule has 1 amide bonds. The summed E-state index contributed by atoms with van der Waals surface area (Å²) in [6, 6.07) is 15.1. The van der Waals surface area contributed by atoms with Gasteiger partial charge < -0.3 is 14.8 Å². The summed E-state index contributed by atoms with van der Waals surface area (Å²) in [5, 5.41) is 14.4. The molecule has 4 rings (SSSR count). The van der Waals surface area contributed by atoms with Gasteiger partial charge in [0.25, 0.3) is 0 Å². The van der Waals surface area contributed by atoms with Gasteiger partial charge in [0, 0.05) is 18.7 Å². The Hall–Kier alpha value is -3.59. The molecule has 32 heavy (non-hydrogen) atoms. The topological polar surface area (TPSA) is 93.8 Å². The normalized spacial score (nSPS) is 12.4. The van der Waals surface area contributed by atoms with E-state index < -0.39 is 6.04 Å². The molecule has 0 bridgehead atoms. The zero-order valence-corrected chi connectivity index (χ0v) is 18.6. The number of rotatable bonds is 9. The van der Waals surface area contributed by atoms with Crippen LogP contribution in [0.25, 0.3) is 11.0 Å². The number of hydrogen-bond acceptors (Lipinski definition) is 6. The molecule has 4 aromatic rings. The third kappa shape index (κ3) is 5.00. The molecule has 9 heteroatoms. The third-order valence-electron chi connectivity index (χ3n) is 5.45. The predicted molar refractivity (Wildman–Crippen MR) is 123 cm³/mol. The van der Waals surface area contributed by atoms with E-state index in [-0.39, 0.29) is 5.91 Å². The first-order valence-electron chi connectivity index (χ1n) is 10.7. The van der Waals surface area contributed by atoms with Crippen LogP contribution in [0.3, 0.4) is 0 Å². The van der Waals surface area contributed by atoms with Crippen molar-refractivity contribution >= 4 is 22.6 Å². The minimum absolute atomic E-state index is 0.178. The molecule has 0 saturated carbocycles. The standard InChI is InChI=1S/C23H28N8O/c1-17-25-20-15-19(10-11-21(20)30(17)13-7-12-29(2)3)26-23(32)22(31-16-24-27-28-31)14-18-8-5-4-6-9-18/h4-6,8-11,15-16,22H,7,12-14H2,1-3H3,(H,26,32)/t22-/m1/s1. The number of hydrogen-bond donors (Lipinski definition) is 1. The Morgan fingerprint density at radius 3 is 2.69 bits per heavy atom. The first kappa shape index (κ1) is 21.6. The Morgan fingerprint density at radius 2 is 1.97 bits per heavy atom. The zero-order chi connectivity index (χ0) is 22.5. The number of anilines is 1. The molecule has 1 N–H and O–H groups in total. The highest BCUT2D eigenvalue weighted by Crippen LogP contribution is 2.22. The fourth-order valence-corrected chi connectivity index (χ4v) is 3.84. The summed E-state index contributed by atoms with van der Waals surface area (Å²) in [6.07, 6.45) is 3.00. The average Bonchev–Trinajstić information content (AvgIpc) is 3.40. The van der Waals surface area contributed by atoms with E-state index >= 15 is 0 Å². The molecule has 0 saturated heterocycles. The van der Waals surface area contributed by atoms with Gasteiger partial charge in [-0.2, -0.15) is 0 Å². The van der Waals surface area contributed by atoms with Gasteiger partial charge in [-0.15, -0.1) is 5.10 Å². The zero-order valence-electron chi connectivity index (χ0n) is 18.6. The maximum atomic E-state index is 13.2. The van der Waals surface area contributed by atoms with E-state index in [1.165, 1.54) is 11.0 Å². The number of carbonyl (C=O) groups is 1. The van der Waals surface area contributed by atoms with E-state index in [9.17, 15) is 4.79 Å². The van der Waals surface area contributed by atoms with Crippen LogP contribution in [-0.4, -0.2) is 61.2 Å². The van der Waals surface area contributed by atoms with Gasteiger partial charge in [0.15, 0.2) is 0 Å². The van der Waals surface area contributed by atoms with Crippen LogP contribution in [0.5, 0.6) is 0 Å². The molecule has 2 aromatic heterocycles. The molecule has 0 fully saturated rings. The van der Waals surface area contributed by atoms with Gasteiger partial charge in [-0.05, 0) is 68.2 Å². The van der Waals surface area contributed by atoms with Crippen LogP contribution in [0.2, 0.25) is 0 Å². The summed E-state index contributed by atoms with van der Waals surface area (Å²) in [6.45, 7) is 3.94. The molecule has 0 aliphatic carbocycles. The SMILES string of the molecule is Cc1nc2cc(NC(=O)[C@@H](Cc3ccccc3)n3cnnn3)ccc2n1CCCN(C)C. The Kier molecular flexibility index (Phi) is 6.55. The number of aromatic nitrogens is 6. The quantitative estimate of drug-likeness (QED) is 0.437. The van der Waals surface area contributed by atoms with Crippen LogP contribution in [0.15, 0.2) is 54.9 Å². The number of tetrazole rings is 1. The van der Waals surface area contributed by atoms with E-state index in [0.717, 1.165) is 41.9 Å². The molecular formula is C23H28N8O. The van der Waals surface area contributed by atoms with Gasteiger partial charge in [0.05, 0.1) is 11.0 Å². The molecule has 0 aliphatic rings. The van der Waals surface area contributed by atoms with E-state index in [1.54, 1.807) is 0 Å². The predicted octanol–water partition coefficient (Wildman–Crippen LogP) is 2.71. The van der Waals surface area contributed by atoms with Crippen LogP contribution < -0.4 is 5.32 Å². The van der Waals surface area contributed by atoms with Crippen molar-refractivity contribution in [2.75, 3.05) is 26.0 Å². The molecule has 0 unspecified atom stereocenters. The number of amides is 1. The number of benzene rings is 2. The summed E-state index contributed by atoms with van der Waals surface area (Å²) in [7, 11) is 4.16. The summed E-state index contributed by atoms with van der Waals surface area (Å²) in [5.41, 5.74) is 3.67. The van der Waals surface area contributed by atoms with Crippen LogP contribution in [-0.2, 0) is 17.8 Å². The fraction of sp³-hybridized carbons (Fsp3) is 0.348. The van der Waals surface area contributed by atoms with E-state index in [0.29, 0.717) is 12.1 Å². The largest absolute Gasteiger partial charge is 0.328 e. The Balaban J connectivity index is 1.52. The number of imidazole rings is 1. The Bertz CT molecular complexity index is 1170. The van der Waals surface area contributed by atoms with Gasteiger partial charge in [0.2, 0.25) is 5.91 Å². The molecule has 1 atom stereocenters. The first-order valence-corrected chi connectivity index (χ1v) is 10.7. The second-order valence-corrected chi connectivity index (χ2v) is 8.16. The van der Waals surface area contributed by atoms with Crippen LogP contribution in [0.1, 0.15) is 23.9 Å². The first-order chi connectivity index (χ1) is 15.5. The second-order valence-electron chi connectivity index (χ2n) is 8.16. The Morgan fingerprint density at radius 1 is 1.16 bits per heavy atom. The Labute approximate surface area is 187 Å². The highest BCUT2D eigenvalue weighted by Gasteiger charge is 2.23. The fourth-order valence-electron chi connectivity index (χ4n) is 3.84. The van der Waals surface area contributed by atoms with Gasteiger partial charge in [-0.1, -0.05) is 30.3 Å². The highest BCUT2D eigenvalue weighted by atomic mass is 16.2. The molecule has 2 heterocycles.